The summed E-state index contributed by atoms with van der Waals surface area (Å²) >= 11 is 12.6. The van der Waals surface area contributed by atoms with E-state index in [9.17, 15) is 4.79 Å². The van der Waals surface area contributed by atoms with Gasteiger partial charge in [-0.25, -0.2) is 4.68 Å². The van der Waals surface area contributed by atoms with E-state index in [-0.39, 0.29) is 18.7 Å². The smallest absolute Gasteiger partial charge is 0.254 e. The summed E-state index contributed by atoms with van der Waals surface area (Å²) in [5, 5.41) is 12.2. The second-order valence-electron chi connectivity index (χ2n) is 9.15. The van der Waals surface area contributed by atoms with E-state index in [1.54, 1.807) is 12.3 Å². The van der Waals surface area contributed by atoms with Gasteiger partial charge in [0, 0.05) is 37.4 Å². The lowest BCUT2D eigenvalue weighted by Gasteiger charge is -2.39. The number of anilines is 1. The van der Waals surface area contributed by atoms with E-state index in [0.29, 0.717) is 35.1 Å². The molecule has 0 bridgehead atoms. The Morgan fingerprint density at radius 2 is 1.97 bits per heavy atom. The average Bonchev–Trinajstić information content (AvgIpc) is 3.54. The van der Waals surface area contributed by atoms with Crippen LogP contribution in [0.5, 0.6) is 11.5 Å². The van der Waals surface area contributed by atoms with E-state index in [4.69, 9.17) is 32.7 Å². The van der Waals surface area contributed by atoms with Gasteiger partial charge in [0.2, 0.25) is 6.79 Å². The number of amides is 1. The molecule has 6 rings (SSSR count). The number of aromatic nitrogens is 2. The van der Waals surface area contributed by atoms with Gasteiger partial charge in [-0.1, -0.05) is 35.3 Å². The van der Waals surface area contributed by atoms with Crippen molar-refractivity contribution in [3.05, 3.63) is 81.1 Å². The van der Waals surface area contributed by atoms with E-state index in [0.717, 1.165) is 40.7 Å². The number of allylic oxidation sites excluding steroid dienone is 1. The Kier molecular flexibility index (Phi) is 6.03. The molecule has 4 heterocycles. The Morgan fingerprint density at radius 3 is 2.83 bits per heavy atom. The molecule has 1 saturated heterocycles. The van der Waals surface area contributed by atoms with Gasteiger partial charge < -0.3 is 25.0 Å². The lowest BCUT2D eigenvalue weighted by atomic mass is 9.93. The molecule has 0 aliphatic carbocycles. The number of carbonyl (C=O) groups excluding carboxylic acids is 1. The highest BCUT2D eigenvalue weighted by Crippen LogP contribution is 2.39. The molecule has 0 radical (unpaired) electrons. The minimum Gasteiger partial charge on any atom is -0.454 e. The van der Waals surface area contributed by atoms with Gasteiger partial charge in [0.05, 0.1) is 21.8 Å². The van der Waals surface area contributed by atoms with Gasteiger partial charge in [0.25, 0.3) is 5.91 Å². The number of nitrogens with zero attached hydrogens (tertiary/aromatic N) is 3. The maximum atomic E-state index is 14.3. The van der Waals surface area contributed by atoms with Crippen LogP contribution in [0.4, 0.5) is 5.82 Å². The predicted molar refractivity (Wildman–Crippen MR) is 138 cm³/mol. The third-order valence-corrected chi connectivity index (χ3v) is 7.66. The number of nitrogens with one attached hydrogen (secondary N) is 2. The topological polar surface area (TPSA) is 80.7 Å². The monoisotopic (exact) mass is 525 g/mol. The van der Waals surface area contributed by atoms with Crippen molar-refractivity contribution in [3.63, 3.8) is 0 Å². The number of fused-ring (bicyclic) bond motifs is 2. The first kappa shape index (κ1) is 23.2. The highest BCUT2D eigenvalue weighted by molar-refractivity contribution is 6.42. The highest BCUT2D eigenvalue weighted by Gasteiger charge is 2.38. The second-order valence-corrected chi connectivity index (χ2v) is 9.96. The number of carbonyl (C=O) groups is 1. The first-order valence-corrected chi connectivity index (χ1v) is 12.6. The van der Waals surface area contributed by atoms with Crippen molar-refractivity contribution in [1.82, 2.24) is 20.0 Å². The summed E-state index contributed by atoms with van der Waals surface area (Å²) in [4.78, 5) is 16.2. The van der Waals surface area contributed by atoms with Crippen molar-refractivity contribution in [2.45, 2.75) is 25.4 Å². The van der Waals surface area contributed by atoms with Gasteiger partial charge in [-0.3, -0.25) is 4.79 Å². The third kappa shape index (κ3) is 4.09. The van der Waals surface area contributed by atoms with Crippen LogP contribution in [0.3, 0.4) is 0 Å². The zero-order valence-electron chi connectivity index (χ0n) is 19.6. The van der Waals surface area contributed by atoms with Crippen molar-refractivity contribution in [2.75, 3.05) is 31.7 Å². The number of rotatable bonds is 4. The molecule has 0 spiro atoms. The Bertz CT molecular complexity index is 1370. The van der Waals surface area contributed by atoms with E-state index in [1.165, 1.54) is 0 Å². The summed E-state index contributed by atoms with van der Waals surface area (Å²) in [6.07, 6.45) is 2.42. The minimum atomic E-state index is -0.431. The van der Waals surface area contributed by atoms with Crippen molar-refractivity contribution in [1.29, 1.82) is 0 Å². The van der Waals surface area contributed by atoms with Crippen LogP contribution >= 0.6 is 23.2 Å². The third-order valence-electron chi connectivity index (χ3n) is 6.92. The van der Waals surface area contributed by atoms with Crippen LogP contribution < -0.4 is 20.1 Å². The van der Waals surface area contributed by atoms with Crippen LogP contribution in [0.15, 0.2) is 59.9 Å². The molecule has 2 aromatic carbocycles. The van der Waals surface area contributed by atoms with Crippen LogP contribution in [0.2, 0.25) is 10.0 Å². The van der Waals surface area contributed by atoms with Crippen LogP contribution in [0.25, 0.3) is 0 Å². The molecule has 1 amide bonds. The number of halogens is 2. The lowest BCUT2D eigenvalue weighted by Crippen LogP contribution is -2.55. The first-order valence-electron chi connectivity index (χ1n) is 11.9. The average molecular weight is 526 g/mol. The predicted octanol–water partition coefficient (Wildman–Crippen LogP) is 4.25. The zero-order valence-corrected chi connectivity index (χ0v) is 21.1. The fraction of sp³-hybridized carbons (Fsp3) is 0.308. The SMILES string of the molecule is CC1=C(C(=O)N2CCNCC2Cc2ccc3c(c2)OCO3)C(c2ccc(Cl)c(Cl)c2)n2nccc2N1. The summed E-state index contributed by atoms with van der Waals surface area (Å²) in [7, 11) is 0. The van der Waals surface area contributed by atoms with Crippen LogP contribution in [-0.4, -0.2) is 53.1 Å². The van der Waals surface area contributed by atoms with E-state index < -0.39 is 6.04 Å². The molecule has 0 saturated carbocycles. The molecule has 1 fully saturated rings. The van der Waals surface area contributed by atoms with Crippen molar-refractivity contribution < 1.29 is 14.3 Å². The Balaban J connectivity index is 1.34. The van der Waals surface area contributed by atoms with Crippen LogP contribution in [0, 0.1) is 0 Å². The van der Waals surface area contributed by atoms with Gasteiger partial charge in [0.15, 0.2) is 11.5 Å². The molecule has 36 heavy (non-hydrogen) atoms. The molecular formula is C26H25Cl2N5O3. The molecule has 2 unspecified atom stereocenters. The summed E-state index contributed by atoms with van der Waals surface area (Å²) in [6, 6.07) is 12.9. The molecule has 3 aliphatic rings. The molecule has 3 aliphatic heterocycles. The van der Waals surface area contributed by atoms with Crippen molar-refractivity contribution in [3.8, 4) is 11.5 Å². The van der Waals surface area contributed by atoms with Crippen molar-refractivity contribution in [2.24, 2.45) is 0 Å². The van der Waals surface area contributed by atoms with E-state index in [2.05, 4.69) is 15.7 Å². The fourth-order valence-electron chi connectivity index (χ4n) is 5.18. The molecule has 2 N–H and O–H groups in total. The lowest BCUT2D eigenvalue weighted by molar-refractivity contribution is -0.130. The molecule has 8 nitrogen and oxygen atoms in total. The second kappa shape index (κ2) is 9.35. The maximum absolute atomic E-state index is 14.3. The molecule has 1 aromatic heterocycles. The van der Waals surface area contributed by atoms with Crippen LogP contribution in [-0.2, 0) is 11.2 Å². The van der Waals surface area contributed by atoms with Crippen LogP contribution in [0.1, 0.15) is 24.1 Å². The van der Waals surface area contributed by atoms with E-state index >= 15 is 0 Å². The quantitative estimate of drug-likeness (QED) is 0.529. The van der Waals surface area contributed by atoms with Gasteiger partial charge >= 0.3 is 0 Å². The first-order chi connectivity index (χ1) is 17.5. The summed E-state index contributed by atoms with van der Waals surface area (Å²) in [5.74, 6) is 2.29. The minimum absolute atomic E-state index is 0.0236. The maximum Gasteiger partial charge on any atom is 0.254 e. The standard InChI is InChI=1S/C26H25Cl2N5O3/c1-15-24(25(33-23(31-15)6-7-30-33)17-3-4-19(27)20(28)12-17)26(34)32-9-8-29-13-18(32)10-16-2-5-21-22(11-16)36-14-35-21/h2-7,11-12,18,25,29,31H,8-10,13-14H2,1H3. The zero-order chi connectivity index (χ0) is 24.8. The Labute approximate surface area is 218 Å². The largest absolute Gasteiger partial charge is 0.454 e. The normalized spacial score (nSPS) is 20.8. The Hall–Kier alpha value is -3.20. The van der Waals surface area contributed by atoms with Gasteiger partial charge in [0.1, 0.15) is 11.9 Å². The fourth-order valence-corrected chi connectivity index (χ4v) is 5.49. The summed E-state index contributed by atoms with van der Waals surface area (Å²) in [5.41, 5.74) is 3.38. The number of benzene rings is 2. The van der Waals surface area contributed by atoms with E-state index in [1.807, 2.05) is 52.9 Å². The van der Waals surface area contributed by atoms with Gasteiger partial charge in [-0.05, 0) is 48.7 Å². The number of hydrogen-bond acceptors (Lipinski definition) is 6. The number of ether oxygens (including phenoxy) is 2. The molecule has 3 aromatic rings. The molecular weight excluding hydrogens is 501 g/mol. The molecule has 186 valence electrons. The van der Waals surface area contributed by atoms with Crippen molar-refractivity contribution >= 4 is 34.9 Å². The Morgan fingerprint density at radius 1 is 1.11 bits per heavy atom. The summed E-state index contributed by atoms with van der Waals surface area (Å²) < 4.78 is 12.8. The summed E-state index contributed by atoms with van der Waals surface area (Å²) in [6.45, 7) is 4.20. The molecule has 10 heteroatoms. The number of piperazine rings is 1. The molecule has 2 atom stereocenters. The van der Waals surface area contributed by atoms with Gasteiger partial charge in [-0.2, -0.15) is 5.10 Å². The van der Waals surface area contributed by atoms with Gasteiger partial charge in [-0.15, -0.1) is 0 Å². The number of hydrogen-bond donors (Lipinski definition) is 2. The highest BCUT2D eigenvalue weighted by atomic mass is 35.5.